The number of hydrogen-bond acceptors (Lipinski definition) is 8. The first-order valence-electron chi connectivity index (χ1n) is 15.9. The first-order valence-corrected chi connectivity index (χ1v) is 15.9. The van der Waals surface area contributed by atoms with Crippen LogP contribution in [0.25, 0.3) is 0 Å². The minimum atomic E-state index is -1.95. The van der Waals surface area contributed by atoms with Gasteiger partial charge in [-0.1, -0.05) is 121 Å². The molecule has 0 aliphatic carbocycles. The van der Waals surface area contributed by atoms with Gasteiger partial charge in [-0.3, -0.25) is 0 Å². The van der Waals surface area contributed by atoms with E-state index in [1.54, 1.807) is 4.90 Å². The first-order chi connectivity index (χ1) is 22.9. The molecule has 1 aliphatic heterocycles. The van der Waals surface area contributed by atoms with Gasteiger partial charge in [0.2, 0.25) is 0 Å². The number of amides is 1. The van der Waals surface area contributed by atoms with Crippen LogP contribution in [0.4, 0.5) is 4.79 Å². The van der Waals surface area contributed by atoms with E-state index in [9.17, 15) is 20.1 Å². The summed E-state index contributed by atoms with van der Waals surface area (Å²) in [5, 5.41) is 33.5. The summed E-state index contributed by atoms with van der Waals surface area (Å²) in [6.45, 7) is 0.421. The normalized spacial score (nSPS) is 22.4. The van der Waals surface area contributed by atoms with Crippen molar-refractivity contribution in [3.05, 3.63) is 144 Å². The number of aliphatic hydroxyl groups is 3. The third kappa shape index (κ3) is 9.71. The molecule has 0 saturated carbocycles. The highest BCUT2D eigenvalue weighted by Crippen LogP contribution is 2.36. The molecule has 248 valence electrons. The molecule has 5 rings (SSSR count). The second-order valence-electron chi connectivity index (χ2n) is 11.7. The molecule has 1 amide bonds. The van der Waals surface area contributed by atoms with Crippen molar-refractivity contribution in [3.8, 4) is 0 Å². The van der Waals surface area contributed by atoms with Gasteiger partial charge in [-0.2, -0.15) is 0 Å². The van der Waals surface area contributed by atoms with Gasteiger partial charge in [0.1, 0.15) is 31.0 Å². The van der Waals surface area contributed by atoms with Crippen LogP contribution in [0.5, 0.6) is 0 Å². The smallest absolute Gasteiger partial charge is 0.410 e. The molecular formula is C38H43NO8. The Morgan fingerprint density at radius 3 is 1.74 bits per heavy atom. The molecule has 1 saturated heterocycles. The summed E-state index contributed by atoms with van der Waals surface area (Å²) in [5.74, 6) is -1.95. The molecular weight excluding hydrogens is 598 g/mol. The van der Waals surface area contributed by atoms with E-state index in [4.69, 9.17) is 18.9 Å². The quantitative estimate of drug-likeness (QED) is 0.162. The van der Waals surface area contributed by atoms with Crippen molar-refractivity contribution in [2.45, 2.75) is 69.4 Å². The highest BCUT2D eigenvalue weighted by molar-refractivity contribution is 5.67. The van der Waals surface area contributed by atoms with Gasteiger partial charge in [0.05, 0.1) is 19.8 Å². The number of nitrogens with zero attached hydrogens (tertiary/aromatic N) is 1. The number of hydrogen-bond donors (Lipinski definition) is 3. The van der Waals surface area contributed by atoms with E-state index in [1.807, 2.05) is 121 Å². The fourth-order valence-corrected chi connectivity index (χ4v) is 5.70. The van der Waals surface area contributed by atoms with Crippen molar-refractivity contribution >= 4 is 6.09 Å². The molecule has 0 aromatic heterocycles. The first kappa shape index (κ1) is 34.3. The van der Waals surface area contributed by atoms with E-state index in [2.05, 4.69) is 0 Å². The third-order valence-corrected chi connectivity index (χ3v) is 8.20. The van der Waals surface area contributed by atoms with Gasteiger partial charge in [0.25, 0.3) is 0 Å². The third-order valence-electron chi connectivity index (χ3n) is 8.20. The lowest BCUT2D eigenvalue weighted by Gasteiger charge is -2.49. The van der Waals surface area contributed by atoms with Gasteiger partial charge in [0.15, 0.2) is 5.79 Å². The van der Waals surface area contributed by atoms with Crippen LogP contribution in [0.1, 0.15) is 35.1 Å². The number of ether oxygens (including phenoxy) is 4. The number of benzene rings is 4. The maximum absolute atomic E-state index is 13.3. The van der Waals surface area contributed by atoms with Gasteiger partial charge in [-0.05, 0) is 28.7 Å². The largest absolute Gasteiger partial charge is 0.445 e. The van der Waals surface area contributed by atoms with Crippen LogP contribution in [0, 0.1) is 0 Å². The fraction of sp³-hybridized carbons (Fsp3) is 0.342. The van der Waals surface area contributed by atoms with E-state index >= 15 is 0 Å². The van der Waals surface area contributed by atoms with Gasteiger partial charge < -0.3 is 39.2 Å². The lowest BCUT2D eigenvalue weighted by atomic mass is 9.89. The molecule has 0 radical (unpaired) electrons. The predicted octanol–water partition coefficient (Wildman–Crippen LogP) is 5.22. The summed E-state index contributed by atoms with van der Waals surface area (Å²) in [6, 6.07) is 38.0. The Bertz CT molecular complexity index is 1480. The van der Waals surface area contributed by atoms with E-state index in [-0.39, 0.29) is 32.8 Å². The molecule has 1 fully saturated rings. The molecule has 0 bridgehead atoms. The van der Waals surface area contributed by atoms with E-state index in [0.29, 0.717) is 13.0 Å². The second kappa shape index (κ2) is 17.2. The molecule has 3 N–H and O–H groups in total. The van der Waals surface area contributed by atoms with E-state index < -0.39 is 42.9 Å². The van der Waals surface area contributed by atoms with Gasteiger partial charge >= 0.3 is 6.09 Å². The molecule has 1 aliphatic rings. The highest BCUT2D eigenvalue weighted by atomic mass is 16.7. The van der Waals surface area contributed by atoms with Crippen LogP contribution in [-0.4, -0.2) is 69.7 Å². The lowest BCUT2D eigenvalue weighted by molar-refractivity contribution is -0.366. The number of carbonyl (C=O) groups excluding carboxylic acids is 1. The summed E-state index contributed by atoms with van der Waals surface area (Å²) in [6.07, 6.45) is -4.69. The zero-order chi connectivity index (χ0) is 32.9. The summed E-state index contributed by atoms with van der Waals surface area (Å²) in [7, 11) is 0. The fourth-order valence-electron chi connectivity index (χ4n) is 5.70. The minimum absolute atomic E-state index is 0.0259. The Hall–Kier alpha value is -4.09. The van der Waals surface area contributed by atoms with Crippen molar-refractivity contribution in [2.75, 3.05) is 13.2 Å². The monoisotopic (exact) mass is 641 g/mol. The summed E-state index contributed by atoms with van der Waals surface area (Å²) in [5.41, 5.74) is 3.55. The molecule has 9 nitrogen and oxygen atoms in total. The zero-order valence-corrected chi connectivity index (χ0v) is 26.3. The highest BCUT2D eigenvalue weighted by Gasteiger charge is 2.54. The van der Waals surface area contributed by atoms with Crippen LogP contribution < -0.4 is 0 Å². The van der Waals surface area contributed by atoms with Crippen LogP contribution in [0.15, 0.2) is 121 Å². The number of carbonyl (C=O) groups is 1. The average Bonchev–Trinajstić information content (AvgIpc) is 3.11. The van der Waals surface area contributed by atoms with Crippen LogP contribution in [0.3, 0.4) is 0 Å². The Kier molecular flexibility index (Phi) is 12.5. The zero-order valence-electron chi connectivity index (χ0n) is 26.3. The van der Waals surface area contributed by atoms with Crippen molar-refractivity contribution in [3.63, 3.8) is 0 Å². The Balaban J connectivity index is 1.33. The van der Waals surface area contributed by atoms with Crippen molar-refractivity contribution in [2.24, 2.45) is 0 Å². The average molecular weight is 642 g/mol. The number of aliphatic hydroxyl groups excluding tert-OH is 2. The van der Waals surface area contributed by atoms with Crippen molar-refractivity contribution in [1.29, 1.82) is 0 Å². The summed E-state index contributed by atoms with van der Waals surface area (Å²) < 4.78 is 24.2. The predicted molar refractivity (Wildman–Crippen MR) is 176 cm³/mol. The lowest BCUT2D eigenvalue weighted by Crippen LogP contribution is -2.66. The Morgan fingerprint density at radius 1 is 0.723 bits per heavy atom. The van der Waals surface area contributed by atoms with E-state index in [0.717, 1.165) is 22.3 Å². The second-order valence-corrected chi connectivity index (χ2v) is 11.7. The maximum atomic E-state index is 13.3. The molecule has 4 aromatic rings. The molecule has 0 spiro atoms. The van der Waals surface area contributed by atoms with E-state index in [1.165, 1.54) is 0 Å². The molecule has 0 unspecified atom stereocenters. The Labute approximate surface area is 275 Å². The molecule has 1 heterocycles. The van der Waals surface area contributed by atoms with Crippen LogP contribution >= 0.6 is 0 Å². The van der Waals surface area contributed by atoms with Crippen LogP contribution in [0.2, 0.25) is 0 Å². The Morgan fingerprint density at radius 2 is 1.21 bits per heavy atom. The van der Waals surface area contributed by atoms with Gasteiger partial charge in [-0.15, -0.1) is 0 Å². The van der Waals surface area contributed by atoms with Crippen molar-refractivity contribution < 1.29 is 39.1 Å². The van der Waals surface area contributed by atoms with Crippen molar-refractivity contribution in [1.82, 2.24) is 4.90 Å². The summed E-state index contributed by atoms with van der Waals surface area (Å²) >= 11 is 0. The van der Waals surface area contributed by atoms with Gasteiger partial charge in [-0.25, -0.2) is 4.79 Å². The molecule has 47 heavy (non-hydrogen) atoms. The SMILES string of the molecule is O=C(OCc1ccccc1)N(CCC[C@@]1(O)O[C@H](CO)[C@@H](O)[C@H](OCc2ccccc2)[C@@H]1OCc1ccccc1)Cc1ccccc1. The number of rotatable bonds is 15. The molecule has 5 atom stereocenters. The van der Waals surface area contributed by atoms with Crippen LogP contribution in [-0.2, 0) is 45.3 Å². The van der Waals surface area contributed by atoms with Gasteiger partial charge in [0, 0.05) is 19.5 Å². The standard InChI is InChI=1S/C38H43NO8/c40-25-33-34(41)35(44-26-30-16-7-2-8-17-30)36(45-27-31-18-9-3-10-19-31)38(43,47-33)22-13-23-39(24-29-14-5-1-6-15-29)37(42)46-28-32-20-11-4-12-21-32/h1-12,14-21,33-36,40-41,43H,13,22-28H2/t33-,34-,35+,36+,38-/m1/s1. The molecule has 4 aromatic carbocycles. The topological polar surface area (TPSA) is 118 Å². The maximum Gasteiger partial charge on any atom is 0.410 e. The minimum Gasteiger partial charge on any atom is -0.445 e. The molecule has 9 heteroatoms. The summed E-state index contributed by atoms with van der Waals surface area (Å²) in [4.78, 5) is 14.9.